The van der Waals surface area contributed by atoms with Gasteiger partial charge in [-0.1, -0.05) is 13.8 Å². The van der Waals surface area contributed by atoms with Crippen molar-refractivity contribution in [3.63, 3.8) is 0 Å². The number of hydrogen-bond donors (Lipinski definition) is 4. The highest BCUT2D eigenvalue weighted by molar-refractivity contribution is 5.40. The van der Waals surface area contributed by atoms with E-state index in [-0.39, 0.29) is 24.2 Å². The molecule has 0 bridgehead atoms. The molecule has 0 saturated carbocycles. The van der Waals surface area contributed by atoms with Gasteiger partial charge in [0, 0.05) is 17.6 Å². The molecule has 18 heavy (non-hydrogen) atoms. The van der Waals surface area contributed by atoms with Crippen LogP contribution in [0.4, 0.5) is 5.82 Å². The van der Waals surface area contributed by atoms with Gasteiger partial charge in [0.25, 0.3) is 5.56 Å². The van der Waals surface area contributed by atoms with E-state index in [2.05, 4.69) is 10.3 Å². The summed E-state index contributed by atoms with van der Waals surface area (Å²) in [6.07, 6.45) is 1.77. The van der Waals surface area contributed by atoms with Crippen LogP contribution in [0.3, 0.4) is 0 Å². The van der Waals surface area contributed by atoms with E-state index < -0.39 is 0 Å². The van der Waals surface area contributed by atoms with Crippen LogP contribution in [-0.4, -0.2) is 22.7 Å². The maximum Gasteiger partial charge on any atom is 0.254 e. The number of H-pyrrole nitrogens is 1. The zero-order valence-electron chi connectivity index (χ0n) is 11.3. The quantitative estimate of drug-likeness (QED) is 0.634. The summed E-state index contributed by atoms with van der Waals surface area (Å²) >= 11 is 0. The van der Waals surface area contributed by atoms with Crippen molar-refractivity contribution in [1.29, 1.82) is 0 Å². The highest BCUT2D eigenvalue weighted by Gasteiger charge is 2.26. The first kappa shape index (κ1) is 14.7. The van der Waals surface area contributed by atoms with E-state index in [9.17, 15) is 4.79 Å². The predicted molar refractivity (Wildman–Crippen MR) is 73.5 cm³/mol. The third-order valence-corrected chi connectivity index (χ3v) is 3.14. The monoisotopic (exact) mass is 253 g/mol. The van der Waals surface area contributed by atoms with Gasteiger partial charge < -0.3 is 21.1 Å². The van der Waals surface area contributed by atoms with Gasteiger partial charge in [-0.2, -0.15) is 0 Å². The standard InChI is InChI=1S/C11H17N3O2.C2H6/c1-6-4-8(11(16)14-10(6)12)9-3-2-7(5-15)13-9;1-2/h4,7,9,13,15H,2-3,5H2,1H3,(H3,12,14,16);1-2H3. The number of aromatic nitrogens is 1. The number of nitrogen functional groups attached to an aromatic ring is 1. The SMILES string of the molecule is CC.Cc1cc(C2CCC(CO)N2)c(=O)[nH]c1N. The molecule has 1 aromatic heterocycles. The van der Waals surface area contributed by atoms with Gasteiger partial charge in [-0.25, -0.2) is 0 Å². The molecule has 1 fully saturated rings. The van der Waals surface area contributed by atoms with Crippen LogP contribution in [0.25, 0.3) is 0 Å². The number of aromatic amines is 1. The lowest BCUT2D eigenvalue weighted by molar-refractivity contribution is 0.251. The normalized spacial score (nSPS) is 22.4. The molecule has 0 amide bonds. The van der Waals surface area contributed by atoms with Gasteiger partial charge in [0.05, 0.1) is 6.61 Å². The maximum absolute atomic E-state index is 11.7. The second-order valence-corrected chi connectivity index (χ2v) is 4.33. The Morgan fingerprint density at radius 1 is 1.44 bits per heavy atom. The molecule has 1 aromatic rings. The Hall–Kier alpha value is -1.33. The lowest BCUT2D eigenvalue weighted by Crippen LogP contribution is -2.30. The van der Waals surface area contributed by atoms with Crippen molar-refractivity contribution in [1.82, 2.24) is 10.3 Å². The maximum atomic E-state index is 11.7. The fourth-order valence-electron chi connectivity index (χ4n) is 2.14. The van der Waals surface area contributed by atoms with E-state index in [4.69, 9.17) is 10.8 Å². The van der Waals surface area contributed by atoms with E-state index in [1.807, 2.05) is 26.8 Å². The Morgan fingerprint density at radius 2 is 2.11 bits per heavy atom. The number of aliphatic hydroxyl groups is 1. The van der Waals surface area contributed by atoms with Crippen molar-refractivity contribution in [2.45, 2.75) is 45.7 Å². The third-order valence-electron chi connectivity index (χ3n) is 3.14. The molecule has 5 nitrogen and oxygen atoms in total. The summed E-state index contributed by atoms with van der Waals surface area (Å²) in [4.78, 5) is 14.4. The third kappa shape index (κ3) is 3.11. The summed E-state index contributed by atoms with van der Waals surface area (Å²) in [5.74, 6) is 0.422. The molecule has 5 heteroatoms. The van der Waals surface area contributed by atoms with E-state index in [1.54, 1.807) is 0 Å². The van der Waals surface area contributed by atoms with Crippen LogP contribution in [0.5, 0.6) is 0 Å². The van der Waals surface area contributed by atoms with Crippen LogP contribution in [0.1, 0.15) is 43.9 Å². The molecule has 1 aliphatic rings. The second kappa shape index (κ2) is 6.56. The van der Waals surface area contributed by atoms with Crippen LogP contribution < -0.4 is 16.6 Å². The summed E-state index contributed by atoms with van der Waals surface area (Å²) in [6.45, 7) is 5.98. The van der Waals surface area contributed by atoms with Gasteiger partial charge in [0.1, 0.15) is 5.82 Å². The van der Waals surface area contributed by atoms with Crippen LogP contribution in [-0.2, 0) is 0 Å². The molecule has 2 unspecified atom stereocenters. The van der Waals surface area contributed by atoms with E-state index >= 15 is 0 Å². The Bertz CT molecular complexity index is 442. The molecule has 2 heterocycles. The summed E-state index contributed by atoms with van der Waals surface area (Å²) in [6, 6.07) is 1.95. The minimum atomic E-state index is -0.140. The van der Waals surface area contributed by atoms with Crippen molar-refractivity contribution in [2.24, 2.45) is 0 Å². The molecule has 2 rings (SSSR count). The largest absolute Gasteiger partial charge is 0.395 e. The van der Waals surface area contributed by atoms with Crippen molar-refractivity contribution in [2.75, 3.05) is 12.3 Å². The molecule has 102 valence electrons. The van der Waals surface area contributed by atoms with Gasteiger partial charge in [0.2, 0.25) is 0 Å². The molecule has 0 spiro atoms. The highest BCUT2D eigenvalue weighted by Crippen LogP contribution is 2.25. The van der Waals surface area contributed by atoms with Crippen LogP contribution in [0, 0.1) is 6.92 Å². The van der Waals surface area contributed by atoms with Gasteiger partial charge >= 0.3 is 0 Å². The lowest BCUT2D eigenvalue weighted by atomic mass is 10.1. The smallest absolute Gasteiger partial charge is 0.254 e. The second-order valence-electron chi connectivity index (χ2n) is 4.33. The zero-order valence-corrected chi connectivity index (χ0v) is 11.3. The molecular weight excluding hydrogens is 230 g/mol. The number of hydrogen-bond acceptors (Lipinski definition) is 4. The highest BCUT2D eigenvalue weighted by atomic mass is 16.3. The van der Waals surface area contributed by atoms with Crippen molar-refractivity contribution < 1.29 is 5.11 Å². The lowest BCUT2D eigenvalue weighted by Gasteiger charge is -2.13. The Balaban J connectivity index is 0.000000771. The number of rotatable bonds is 2. The molecule has 5 N–H and O–H groups in total. The Labute approximate surface area is 107 Å². The number of nitrogens with one attached hydrogen (secondary N) is 2. The number of pyridine rings is 1. The average molecular weight is 253 g/mol. The van der Waals surface area contributed by atoms with Gasteiger partial charge in [-0.3, -0.25) is 4.79 Å². The first-order valence-corrected chi connectivity index (χ1v) is 6.48. The number of aliphatic hydroxyl groups excluding tert-OH is 1. The minimum absolute atomic E-state index is 0.0280. The van der Waals surface area contributed by atoms with Crippen molar-refractivity contribution >= 4 is 5.82 Å². The van der Waals surface area contributed by atoms with Gasteiger partial charge in [0.15, 0.2) is 0 Å². The van der Waals surface area contributed by atoms with Crippen LogP contribution >= 0.6 is 0 Å². The van der Waals surface area contributed by atoms with E-state index in [1.165, 1.54) is 0 Å². The summed E-state index contributed by atoms with van der Waals surface area (Å²) in [5.41, 5.74) is 7.08. The summed E-state index contributed by atoms with van der Waals surface area (Å²) < 4.78 is 0. The first-order chi connectivity index (χ1) is 8.61. The summed E-state index contributed by atoms with van der Waals surface area (Å²) in [5, 5.41) is 12.3. The summed E-state index contributed by atoms with van der Waals surface area (Å²) in [7, 11) is 0. The fraction of sp³-hybridized carbons (Fsp3) is 0.615. The molecule has 0 aliphatic carbocycles. The number of anilines is 1. The van der Waals surface area contributed by atoms with Crippen LogP contribution in [0.2, 0.25) is 0 Å². The Morgan fingerprint density at radius 3 is 2.67 bits per heavy atom. The average Bonchev–Trinajstić information content (AvgIpc) is 2.85. The molecule has 1 saturated heterocycles. The minimum Gasteiger partial charge on any atom is -0.395 e. The fourth-order valence-corrected chi connectivity index (χ4v) is 2.14. The predicted octanol–water partition coefficient (Wildman–Crippen LogP) is 1.08. The number of aryl methyl sites for hydroxylation is 1. The van der Waals surface area contributed by atoms with Gasteiger partial charge in [-0.15, -0.1) is 0 Å². The van der Waals surface area contributed by atoms with E-state index in [0.29, 0.717) is 11.4 Å². The Kier molecular flexibility index (Phi) is 5.37. The van der Waals surface area contributed by atoms with Crippen molar-refractivity contribution in [3.8, 4) is 0 Å². The molecular formula is C13H23N3O2. The van der Waals surface area contributed by atoms with Gasteiger partial charge in [-0.05, 0) is 31.4 Å². The first-order valence-electron chi connectivity index (χ1n) is 6.48. The van der Waals surface area contributed by atoms with Crippen molar-refractivity contribution in [3.05, 3.63) is 27.5 Å². The zero-order chi connectivity index (χ0) is 13.7. The molecule has 1 aliphatic heterocycles. The molecule has 2 atom stereocenters. The topological polar surface area (TPSA) is 91.1 Å². The molecule has 0 radical (unpaired) electrons. The van der Waals surface area contributed by atoms with Crippen LogP contribution in [0.15, 0.2) is 10.9 Å². The van der Waals surface area contributed by atoms with E-state index in [0.717, 1.165) is 18.4 Å². The molecule has 0 aromatic carbocycles. The number of nitrogens with two attached hydrogens (primary N) is 1.